The normalized spacial score (nSPS) is 11.0. The number of hydrazone groups is 1. The average Bonchev–Trinajstić information content (AvgIpc) is 3.20. The van der Waals surface area contributed by atoms with Gasteiger partial charge in [0, 0.05) is 28.1 Å². The third kappa shape index (κ3) is 4.53. The van der Waals surface area contributed by atoms with E-state index in [0.717, 1.165) is 34.7 Å². The summed E-state index contributed by atoms with van der Waals surface area (Å²) in [4.78, 5) is 12.3. The summed E-state index contributed by atoms with van der Waals surface area (Å²) >= 11 is 0. The van der Waals surface area contributed by atoms with Crippen molar-refractivity contribution in [3.63, 3.8) is 0 Å². The Kier molecular flexibility index (Phi) is 6.61. The fourth-order valence-electron chi connectivity index (χ4n) is 3.28. The summed E-state index contributed by atoms with van der Waals surface area (Å²) in [6.07, 6.45) is 2.51. The number of aryl methyl sites for hydroxylation is 2. The first-order chi connectivity index (χ1) is 14.9. The Morgan fingerprint density at radius 3 is 2.61 bits per heavy atom. The zero-order valence-corrected chi connectivity index (χ0v) is 18.4. The van der Waals surface area contributed by atoms with E-state index in [9.17, 15) is 10.1 Å². The van der Waals surface area contributed by atoms with E-state index in [0.29, 0.717) is 29.4 Å². The lowest BCUT2D eigenvalue weighted by Crippen LogP contribution is -2.17. The highest BCUT2D eigenvalue weighted by atomic mass is 16.5. The molecule has 0 aliphatic heterocycles. The van der Waals surface area contributed by atoms with Crippen LogP contribution in [-0.4, -0.2) is 23.3 Å². The van der Waals surface area contributed by atoms with E-state index in [1.807, 2.05) is 45.3 Å². The maximum Gasteiger partial charge on any atom is 0.271 e. The van der Waals surface area contributed by atoms with E-state index in [2.05, 4.69) is 16.6 Å². The Balaban J connectivity index is 1.75. The van der Waals surface area contributed by atoms with Gasteiger partial charge in [0.25, 0.3) is 5.91 Å². The number of amides is 1. The number of benzene rings is 1. The molecule has 2 heterocycles. The SMILES string of the molecule is CCCOc1ccc(C(=O)N/N=C/c2cc(C)n(-c3oc(C)c(C)c3C#N)c2C)cc1. The van der Waals surface area contributed by atoms with E-state index in [4.69, 9.17) is 9.15 Å². The Labute approximate surface area is 181 Å². The molecule has 3 rings (SSSR count). The summed E-state index contributed by atoms with van der Waals surface area (Å²) in [5.41, 5.74) is 6.96. The van der Waals surface area contributed by atoms with Crippen molar-refractivity contribution in [3.8, 4) is 17.7 Å². The van der Waals surface area contributed by atoms with E-state index in [-0.39, 0.29) is 5.91 Å². The van der Waals surface area contributed by atoms with Crippen molar-refractivity contribution in [1.82, 2.24) is 9.99 Å². The van der Waals surface area contributed by atoms with Gasteiger partial charge in [0.15, 0.2) is 0 Å². The number of hydrogen-bond acceptors (Lipinski definition) is 5. The van der Waals surface area contributed by atoms with Crippen molar-refractivity contribution >= 4 is 12.1 Å². The molecule has 1 aromatic carbocycles. The molecule has 7 nitrogen and oxygen atoms in total. The Morgan fingerprint density at radius 2 is 1.97 bits per heavy atom. The number of nitrogens with zero attached hydrogens (tertiary/aromatic N) is 3. The van der Waals surface area contributed by atoms with Crippen LogP contribution in [0.15, 0.2) is 39.9 Å². The van der Waals surface area contributed by atoms with Gasteiger partial charge in [-0.1, -0.05) is 6.92 Å². The molecule has 31 heavy (non-hydrogen) atoms. The molecule has 0 radical (unpaired) electrons. The molecule has 0 spiro atoms. The van der Waals surface area contributed by atoms with Crippen LogP contribution < -0.4 is 10.2 Å². The Morgan fingerprint density at radius 1 is 1.26 bits per heavy atom. The highest BCUT2D eigenvalue weighted by molar-refractivity contribution is 5.95. The number of ether oxygens (including phenoxy) is 1. The lowest BCUT2D eigenvalue weighted by atomic mass is 10.2. The van der Waals surface area contributed by atoms with Gasteiger partial charge in [-0.05, 0) is 64.4 Å². The third-order valence-corrected chi connectivity index (χ3v) is 5.11. The highest BCUT2D eigenvalue weighted by Gasteiger charge is 2.20. The molecule has 0 aliphatic rings. The number of carbonyl (C=O) groups excluding carboxylic acids is 1. The minimum absolute atomic E-state index is 0.309. The summed E-state index contributed by atoms with van der Waals surface area (Å²) in [6.45, 7) is 10.2. The summed E-state index contributed by atoms with van der Waals surface area (Å²) in [5, 5.41) is 13.6. The molecule has 160 valence electrons. The predicted molar refractivity (Wildman–Crippen MR) is 119 cm³/mol. The van der Waals surface area contributed by atoms with Gasteiger partial charge < -0.3 is 9.15 Å². The zero-order chi connectivity index (χ0) is 22.5. The van der Waals surface area contributed by atoms with Gasteiger partial charge >= 0.3 is 0 Å². The van der Waals surface area contributed by atoms with Crippen LogP contribution >= 0.6 is 0 Å². The molecule has 0 saturated heterocycles. The second-order valence-electron chi connectivity index (χ2n) is 7.31. The maximum atomic E-state index is 12.3. The number of carbonyl (C=O) groups is 1. The molecule has 7 heteroatoms. The van der Waals surface area contributed by atoms with Gasteiger partial charge in [-0.25, -0.2) is 5.43 Å². The number of hydrogen-bond donors (Lipinski definition) is 1. The van der Waals surface area contributed by atoms with Crippen LogP contribution in [0.4, 0.5) is 0 Å². The molecular weight excluding hydrogens is 392 g/mol. The summed E-state index contributed by atoms with van der Waals surface area (Å²) in [6, 6.07) is 11.1. The first-order valence-electron chi connectivity index (χ1n) is 10.1. The molecule has 0 unspecified atom stereocenters. The van der Waals surface area contributed by atoms with Crippen molar-refractivity contribution in [1.29, 1.82) is 5.26 Å². The standard InChI is InChI=1S/C24H26N4O3/c1-6-11-30-21-9-7-19(8-10-21)23(29)27-26-14-20-12-15(2)28(17(20)4)24-22(13-25)16(3)18(5)31-24/h7-10,12,14H,6,11H2,1-5H3,(H,27,29)/b26-14+. The molecule has 2 aromatic heterocycles. The molecule has 0 saturated carbocycles. The van der Waals surface area contributed by atoms with Crippen LogP contribution in [0.3, 0.4) is 0 Å². The molecule has 1 N–H and O–H groups in total. The first kappa shape index (κ1) is 21.9. The van der Waals surface area contributed by atoms with Gasteiger partial charge in [0.2, 0.25) is 5.88 Å². The van der Waals surface area contributed by atoms with Gasteiger partial charge in [-0.3, -0.25) is 9.36 Å². The topological polar surface area (TPSA) is 92.5 Å². The van der Waals surface area contributed by atoms with Crippen LogP contribution in [0.5, 0.6) is 5.75 Å². The average molecular weight is 418 g/mol. The fourth-order valence-corrected chi connectivity index (χ4v) is 3.28. The van der Waals surface area contributed by atoms with Crippen LogP contribution in [0, 0.1) is 39.0 Å². The number of nitrogens with one attached hydrogen (secondary N) is 1. The molecule has 3 aromatic rings. The van der Waals surface area contributed by atoms with Gasteiger partial charge in [0.05, 0.1) is 12.8 Å². The minimum atomic E-state index is -0.309. The fraction of sp³-hybridized carbons (Fsp3) is 0.292. The van der Waals surface area contributed by atoms with Crippen LogP contribution in [0.25, 0.3) is 5.88 Å². The van der Waals surface area contributed by atoms with Crippen LogP contribution in [0.1, 0.15) is 57.5 Å². The van der Waals surface area contributed by atoms with Crippen LogP contribution in [-0.2, 0) is 0 Å². The molecule has 1 amide bonds. The first-order valence-corrected chi connectivity index (χ1v) is 10.1. The van der Waals surface area contributed by atoms with E-state index >= 15 is 0 Å². The van der Waals surface area contributed by atoms with Crippen LogP contribution in [0.2, 0.25) is 0 Å². The largest absolute Gasteiger partial charge is 0.494 e. The maximum absolute atomic E-state index is 12.3. The van der Waals surface area contributed by atoms with Gasteiger partial charge in [-0.15, -0.1) is 0 Å². The summed E-state index contributed by atoms with van der Waals surface area (Å²) in [7, 11) is 0. The lowest BCUT2D eigenvalue weighted by Gasteiger charge is -2.06. The molecule has 0 fully saturated rings. The highest BCUT2D eigenvalue weighted by Crippen LogP contribution is 2.28. The molecule has 0 aliphatic carbocycles. The van der Waals surface area contributed by atoms with Crippen molar-refractivity contribution in [3.05, 3.63) is 69.7 Å². The monoisotopic (exact) mass is 418 g/mol. The van der Waals surface area contributed by atoms with E-state index in [1.54, 1.807) is 30.5 Å². The minimum Gasteiger partial charge on any atom is -0.494 e. The summed E-state index contributed by atoms with van der Waals surface area (Å²) in [5.74, 6) is 1.64. The Hall–Kier alpha value is -3.79. The Bertz CT molecular complexity index is 1160. The number of rotatable bonds is 7. The third-order valence-electron chi connectivity index (χ3n) is 5.11. The smallest absolute Gasteiger partial charge is 0.271 e. The molecule has 0 bridgehead atoms. The van der Waals surface area contributed by atoms with Crippen molar-refractivity contribution in [2.45, 2.75) is 41.0 Å². The predicted octanol–water partition coefficient (Wildman–Crippen LogP) is 4.73. The molecular formula is C24H26N4O3. The van der Waals surface area contributed by atoms with Crippen molar-refractivity contribution in [2.24, 2.45) is 5.10 Å². The summed E-state index contributed by atoms with van der Waals surface area (Å²) < 4.78 is 13.3. The number of aromatic nitrogens is 1. The molecule has 0 atom stereocenters. The second-order valence-corrected chi connectivity index (χ2v) is 7.31. The lowest BCUT2D eigenvalue weighted by molar-refractivity contribution is 0.0955. The van der Waals surface area contributed by atoms with Crippen molar-refractivity contribution in [2.75, 3.05) is 6.61 Å². The van der Waals surface area contributed by atoms with E-state index in [1.165, 1.54) is 0 Å². The van der Waals surface area contributed by atoms with Gasteiger partial charge in [0.1, 0.15) is 23.1 Å². The van der Waals surface area contributed by atoms with E-state index < -0.39 is 0 Å². The second kappa shape index (κ2) is 9.35. The van der Waals surface area contributed by atoms with Gasteiger partial charge in [-0.2, -0.15) is 10.4 Å². The zero-order valence-electron chi connectivity index (χ0n) is 18.4. The number of furan rings is 1. The van der Waals surface area contributed by atoms with Crippen molar-refractivity contribution < 1.29 is 13.9 Å². The number of nitriles is 1. The quantitative estimate of drug-likeness (QED) is 0.443.